The number of nitrogens with one attached hydrogen (secondary N) is 1. The minimum atomic E-state index is -0.189. The number of rotatable bonds is 3. The lowest BCUT2D eigenvalue weighted by Crippen LogP contribution is -2.32. The zero-order chi connectivity index (χ0) is 16.7. The number of hydrogen-bond donors (Lipinski definition) is 1. The Morgan fingerprint density at radius 2 is 2.29 bits per heavy atom. The maximum atomic E-state index is 13.0. The van der Waals surface area contributed by atoms with Gasteiger partial charge in [0.05, 0.1) is 17.7 Å². The first kappa shape index (κ1) is 14.8. The van der Waals surface area contributed by atoms with Gasteiger partial charge in [-0.25, -0.2) is 9.97 Å². The van der Waals surface area contributed by atoms with Gasteiger partial charge in [0.2, 0.25) is 0 Å². The number of fused-ring (bicyclic) bond motifs is 1. The zero-order valence-electron chi connectivity index (χ0n) is 13.5. The topological polar surface area (TPSA) is 88.4 Å². The number of pyridine rings is 1. The molecule has 1 saturated heterocycles. The number of aromatic nitrogens is 5. The summed E-state index contributed by atoms with van der Waals surface area (Å²) in [6, 6.07) is 3.44. The van der Waals surface area contributed by atoms with Crippen molar-refractivity contribution in [2.45, 2.75) is 25.5 Å². The van der Waals surface area contributed by atoms with Gasteiger partial charge < -0.3 is 14.0 Å². The molecule has 0 aromatic carbocycles. The second-order valence-electron chi connectivity index (χ2n) is 5.96. The van der Waals surface area contributed by atoms with Gasteiger partial charge in [-0.1, -0.05) is 0 Å². The van der Waals surface area contributed by atoms with E-state index in [4.69, 9.17) is 4.74 Å². The Bertz CT molecular complexity index is 885. The fraction of sp³-hybridized carbons (Fsp3) is 0.375. The number of ether oxygens (including phenoxy) is 1. The van der Waals surface area contributed by atoms with Crippen molar-refractivity contribution in [1.29, 1.82) is 0 Å². The first-order valence-corrected chi connectivity index (χ1v) is 7.81. The van der Waals surface area contributed by atoms with Crippen molar-refractivity contribution in [1.82, 2.24) is 29.5 Å². The number of H-pyrrole nitrogens is 1. The lowest BCUT2D eigenvalue weighted by Gasteiger charge is -2.22. The van der Waals surface area contributed by atoms with Gasteiger partial charge in [-0.2, -0.15) is 5.10 Å². The van der Waals surface area contributed by atoms with Crippen LogP contribution >= 0.6 is 0 Å². The summed E-state index contributed by atoms with van der Waals surface area (Å²) in [6.45, 7) is 2.37. The molecule has 0 unspecified atom stereocenters. The Balaban J connectivity index is 1.67. The minimum absolute atomic E-state index is 0.0188. The number of carbonyl (C=O) groups excluding carboxylic acids is 1. The third-order valence-corrected chi connectivity index (χ3v) is 4.41. The predicted molar refractivity (Wildman–Crippen MR) is 85.5 cm³/mol. The van der Waals surface area contributed by atoms with E-state index in [0.29, 0.717) is 24.4 Å². The third kappa shape index (κ3) is 2.44. The molecule has 0 saturated carbocycles. The Morgan fingerprint density at radius 1 is 1.42 bits per heavy atom. The molecular weight excluding hydrogens is 308 g/mol. The van der Waals surface area contributed by atoms with E-state index < -0.39 is 0 Å². The minimum Gasteiger partial charge on any atom is -0.380 e. The number of nitrogens with zero attached hydrogens (tertiary/aromatic N) is 5. The molecular formula is C16H18N6O2. The summed E-state index contributed by atoms with van der Waals surface area (Å²) < 4.78 is 7.31. The molecule has 0 bridgehead atoms. The van der Waals surface area contributed by atoms with Crippen molar-refractivity contribution < 1.29 is 9.53 Å². The number of likely N-dealkylation sites (tertiary alicyclic amines) is 1. The van der Waals surface area contributed by atoms with Crippen LogP contribution < -0.4 is 0 Å². The van der Waals surface area contributed by atoms with Crippen LogP contribution in [0.25, 0.3) is 5.65 Å². The zero-order valence-corrected chi connectivity index (χ0v) is 13.5. The highest BCUT2D eigenvalue weighted by Gasteiger charge is 2.39. The Morgan fingerprint density at radius 3 is 3.04 bits per heavy atom. The van der Waals surface area contributed by atoms with E-state index in [2.05, 4.69) is 20.2 Å². The largest absolute Gasteiger partial charge is 0.380 e. The van der Waals surface area contributed by atoms with Crippen molar-refractivity contribution in [2.24, 2.45) is 0 Å². The van der Waals surface area contributed by atoms with E-state index in [1.807, 2.05) is 23.6 Å². The van der Waals surface area contributed by atoms with Gasteiger partial charge in [-0.15, -0.1) is 0 Å². The predicted octanol–water partition coefficient (Wildman–Crippen LogP) is 1.36. The fourth-order valence-corrected chi connectivity index (χ4v) is 3.16. The number of methoxy groups -OCH3 is 1. The number of imidazole rings is 1. The summed E-state index contributed by atoms with van der Waals surface area (Å²) in [5.41, 5.74) is 1.42. The molecule has 8 nitrogen and oxygen atoms in total. The quantitative estimate of drug-likeness (QED) is 0.785. The highest BCUT2D eigenvalue weighted by molar-refractivity contribution is 5.94. The number of carbonyl (C=O) groups is 1. The molecule has 1 fully saturated rings. The van der Waals surface area contributed by atoms with Crippen molar-refractivity contribution in [3.05, 3.63) is 47.9 Å². The highest BCUT2D eigenvalue weighted by Crippen LogP contribution is 2.32. The van der Waals surface area contributed by atoms with Crippen molar-refractivity contribution >= 4 is 11.6 Å². The van der Waals surface area contributed by atoms with Crippen LogP contribution in [-0.2, 0) is 4.74 Å². The molecule has 3 aromatic heterocycles. The average molecular weight is 326 g/mol. The van der Waals surface area contributed by atoms with Gasteiger partial charge in [0.15, 0.2) is 5.82 Å². The molecule has 2 atom stereocenters. The molecule has 1 amide bonds. The Kier molecular flexibility index (Phi) is 3.53. The molecule has 3 aromatic rings. The molecule has 4 rings (SSSR count). The molecule has 124 valence electrons. The van der Waals surface area contributed by atoms with E-state index in [9.17, 15) is 4.79 Å². The van der Waals surface area contributed by atoms with Crippen LogP contribution in [0.5, 0.6) is 0 Å². The van der Waals surface area contributed by atoms with Gasteiger partial charge in [0.1, 0.15) is 11.5 Å². The van der Waals surface area contributed by atoms with Crippen LogP contribution in [0, 0.1) is 6.92 Å². The van der Waals surface area contributed by atoms with Crippen LogP contribution in [0.3, 0.4) is 0 Å². The summed E-state index contributed by atoms with van der Waals surface area (Å²) >= 11 is 0. The molecule has 1 N–H and O–H groups in total. The van der Waals surface area contributed by atoms with Gasteiger partial charge >= 0.3 is 0 Å². The smallest absolute Gasteiger partial charge is 0.256 e. The second kappa shape index (κ2) is 5.72. The van der Waals surface area contributed by atoms with Gasteiger partial charge in [0.25, 0.3) is 5.91 Å². The van der Waals surface area contributed by atoms with Gasteiger partial charge in [0, 0.05) is 38.7 Å². The average Bonchev–Trinajstić information content (AvgIpc) is 3.31. The molecule has 0 aliphatic carbocycles. The summed E-state index contributed by atoms with van der Waals surface area (Å²) in [5, 5.41) is 7.08. The number of amides is 1. The SMILES string of the molecule is CO[C@@H]1C[C@@H](c2n[nH]c(C)n2)N(C(=O)c2ccc3nccn3c2)C1. The van der Waals surface area contributed by atoms with Crippen molar-refractivity contribution in [3.8, 4) is 0 Å². The van der Waals surface area contributed by atoms with Crippen LogP contribution in [0.2, 0.25) is 0 Å². The lowest BCUT2D eigenvalue weighted by molar-refractivity contribution is 0.0684. The first-order valence-electron chi connectivity index (χ1n) is 7.81. The van der Waals surface area contributed by atoms with Crippen LogP contribution in [0.4, 0.5) is 0 Å². The first-order chi connectivity index (χ1) is 11.7. The van der Waals surface area contributed by atoms with Crippen LogP contribution in [0.15, 0.2) is 30.7 Å². The molecule has 1 aliphatic rings. The molecule has 0 radical (unpaired) electrons. The molecule has 24 heavy (non-hydrogen) atoms. The summed E-state index contributed by atoms with van der Waals surface area (Å²) in [7, 11) is 1.66. The number of hydrogen-bond acceptors (Lipinski definition) is 5. The van der Waals surface area contributed by atoms with Crippen LogP contribution in [0.1, 0.15) is 34.5 Å². The summed E-state index contributed by atoms with van der Waals surface area (Å²) in [5.74, 6) is 1.31. The van der Waals surface area contributed by atoms with E-state index >= 15 is 0 Å². The van der Waals surface area contributed by atoms with Crippen LogP contribution in [-0.4, -0.2) is 55.1 Å². The van der Waals surface area contributed by atoms with E-state index in [0.717, 1.165) is 11.5 Å². The van der Waals surface area contributed by atoms with E-state index in [-0.39, 0.29) is 18.1 Å². The lowest BCUT2D eigenvalue weighted by atomic mass is 10.1. The number of aryl methyl sites for hydroxylation is 1. The third-order valence-electron chi connectivity index (χ3n) is 4.41. The van der Waals surface area contributed by atoms with Crippen molar-refractivity contribution in [3.63, 3.8) is 0 Å². The maximum absolute atomic E-state index is 13.0. The maximum Gasteiger partial charge on any atom is 0.256 e. The molecule has 0 spiro atoms. The number of aromatic amines is 1. The molecule has 1 aliphatic heterocycles. The van der Waals surface area contributed by atoms with Crippen molar-refractivity contribution in [2.75, 3.05) is 13.7 Å². The van der Waals surface area contributed by atoms with E-state index in [1.165, 1.54) is 0 Å². The van der Waals surface area contributed by atoms with Gasteiger partial charge in [-0.05, 0) is 19.1 Å². The summed E-state index contributed by atoms with van der Waals surface area (Å²) in [6.07, 6.45) is 6.00. The Hall–Kier alpha value is -2.74. The Labute approximate surface area is 138 Å². The molecule has 8 heteroatoms. The normalized spacial score (nSPS) is 20.8. The van der Waals surface area contributed by atoms with Gasteiger partial charge in [-0.3, -0.25) is 9.89 Å². The standard InChI is InChI=1S/C16H18N6O2/c1-10-18-15(20-19-10)13-7-12(24-2)9-22(13)16(23)11-3-4-14-17-5-6-21(14)8-11/h3-6,8,12-13H,7,9H2,1-2H3,(H,18,19,20)/t12-,13+/m1/s1. The molecule has 4 heterocycles. The second-order valence-corrected chi connectivity index (χ2v) is 5.96. The monoisotopic (exact) mass is 326 g/mol. The fourth-order valence-electron chi connectivity index (χ4n) is 3.16. The van der Waals surface area contributed by atoms with E-state index in [1.54, 1.807) is 30.5 Å². The highest BCUT2D eigenvalue weighted by atomic mass is 16.5. The summed E-state index contributed by atoms with van der Waals surface area (Å²) in [4.78, 5) is 23.4.